The van der Waals surface area contributed by atoms with Crippen molar-refractivity contribution >= 4 is 11.0 Å². The van der Waals surface area contributed by atoms with E-state index in [1.807, 2.05) is 0 Å². The number of phenolic OH excluding ortho intramolecular Hbond substituents is 2. The zero-order valence-corrected chi connectivity index (χ0v) is 22.7. The highest BCUT2D eigenvalue weighted by molar-refractivity contribution is 5.88. The fourth-order valence-corrected chi connectivity index (χ4v) is 5.07. The van der Waals surface area contributed by atoms with Gasteiger partial charge in [0.1, 0.15) is 88.9 Å². The van der Waals surface area contributed by atoms with Crippen molar-refractivity contribution in [1.29, 1.82) is 0 Å². The normalized spacial score (nSPS) is 32.0. The van der Waals surface area contributed by atoms with Crippen LogP contribution in [-0.4, -0.2) is 130 Å². The van der Waals surface area contributed by atoms with E-state index in [1.54, 1.807) is 0 Å². The number of benzene rings is 2. The highest BCUT2D eigenvalue weighted by atomic mass is 16.7. The summed E-state index contributed by atoms with van der Waals surface area (Å²) in [5, 5.41) is 102. The minimum atomic E-state index is -1.94. The lowest BCUT2D eigenvalue weighted by Gasteiger charge is -2.42. The third kappa shape index (κ3) is 6.09. The Hall–Kier alpha value is -3.43. The molecule has 17 heteroatoms. The molecule has 10 atom stereocenters. The molecular formula is C27H34O17. The molecule has 2 aliphatic rings. The minimum Gasteiger partial charge on any atom is -0.508 e. The summed E-state index contributed by atoms with van der Waals surface area (Å²) in [5.74, 6) is -1.33. The van der Waals surface area contributed by atoms with Crippen LogP contribution >= 0.6 is 0 Å². The SMILES string of the molecule is O.O.O=c1cc(-c2ccc(O)cc2)oc2cc(O[C@@H]3O[C@H](CO)[C@@H](O)[C@H](O)[C@H]3O)c([C@@H]3O[C@H](CO)[C@@H](O)[C@H](O)[C@H]3O)c(O)c12. The van der Waals surface area contributed by atoms with Crippen LogP contribution in [0.2, 0.25) is 0 Å². The zero-order chi connectivity index (χ0) is 30.5. The molecule has 2 aliphatic heterocycles. The third-order valence-electron chi connectivity index (χ3n) is 7.41. The number of ether oxygens (including phenoxy) is 3. The topological polar surface area (TPSA) is 323 Å². The predicted octanol–water partition coefficient (Wildman–Crippen LogP) is -4.08. The van der Waals surface area contributed by atoms with E-state index >= 15 is 0 Å². The van der Waals surface area contributed by atoms with E-state index < -0.39 is 102 Å². The van der Waals surface area contributed by atoms with E-state index in [2.05, 4.69) is 0 Å². The fourth-order valence-electron chi connectivity index (χ4n) is 5.07. The molecule has 2 saturated heterocycles. The monoisotopic (exact) mass is 630 g/mol. The number of hydrogen-bond acceptors (Lipinski definition) is 15. The Balaban J connectivity index is 0.00000264. The largest absolute Gasteiger partial charge is 0.508 e. The fraction of sp³-hybridized carbons (Fsp3) is 0.444. The van der Waals surface area contributed by atoms with Crippen molar-refractivity contribution < 1.29 is 80.6 Å². The molecule has 3 aromatic rings. The molecule has 0 radical (unpaired) electrons. The highest BCUT2D eigenvalue weighted by Gasteiger charge is 2.48. The van der Waals surface area contributed by atoms with Gasteiger partial charge in [-0.15, -0.1) is 0 Å². The Morgan fingerprint density at radius 1 is 0.727 bits per heavy atom. The summed E-state index contributed by atoms with van der Waals surface area (Å²) in [4.78, 5) is 13.2. The molecule has 0 unspecified atom stereocenters. The van der Waals surface area contributed by atoms with Gasteiger partial charge in [0.15, 0.2) is 5.43 Å². The Kier molecular flexibility index (Phi) is 10.9. The van der Waals surface area contributed by atoms with Crippen LogP contribution in [0, 0.1) is 0 Å². The first kappa shape index (κ1) is 35.1. The van der Waals surface area contributed by atoms with Gasteiger partial charge in [0.05, 0.1) is 18.8 Å². The summed E-state index contributed by atoms with van der Waals surface area (Å²) in [6, 6.07) is 7.78. The molecule has 0 aliphatic carbocycles. The highest BCUT2D eigenvalue weighted by Crippen LogP contribution is 2.46. The van der Waals surface area contributed by atoms with Gasteiger partial charge < -0.3 is 80.6 Å². The van der Waals surface area contributed by atoms with Crippen molar-refractivity contribution in [2.45, 2.75) is 61.2 Å². The van der Waals surface area contributed by atoms with Crippen molar-refractivity contribution in [1.82, 2.24) is 0 Å². The van der Waals surface area contributed by atoms with Crippen molar-refractivity contribution in [2.75, 3.05) is 13.2 Å². The maximum atomic E-state index is 13.2. The Morgan fingerprint density at radius 3 is 1.89 bits per heavy atom. The molecule has 14 N–H and O–H groups in total. The lowest BCUT2D eigenvalue weighted by molar-refractivity contribution is -0.278. The number of rotatable bonds is 6. The molecule has 44 heavy (non-hydrogen) atoms. The zero-order valence-electron chi connectivity index (χ0n) is 22.7. The number of hydrogen-bond donors (Lipinski definition) is 10. The van der Waals surface area contributed by atoms with Gasteiger partial charge in [0.2, 0.25) is 6.29 Å². The molecule has 2 fully saturated rings. The lowest BCUT2D eigenvalue weighted by Crippen LogP contribution is -2.60. The third-order valence-corrected chi connectivity index (χ3v) is 7.41. The van der Waals surface area contributed by atoms with Crippen LogP contribution in [-0.2, 0) is 9.47 Å². The second-order valence-electron chi connectivity index (χ2n) is 10.1. The smallest absolute Gasteiger partial charge is 0.229 e. The molecule has 17 nitrogen and oxygen atoms in total. The van der Waals surface area contributed by atoms with Gasteiger partial charge in [-0.3, -0.25) is 4.79 Å². The summed E-state index contributed by atoms with van der Waals surface area (Å²) in [6.07, 6.45) is -17.4. The second kappa shape index (κ2) is 13.7. The number of fused-ring (bicyclic) bond motifs is 1. The average molecular weight is 631 g/mol. The first-order chi connectivity index (χ1) is 20.0. The van der Waals surface area contributed by atoms with Crippen LogP contribution in [0.4, 0.5) is 0 Å². The average Bonchev–Trinajstić information content (AvgIpc) is 2.97. The molecule has 2 aromatic carbocycles. The van der Waals surface area contributed by atoms with Gasteiger partial charge in [-0.25, -0.2) is 0 Å². The molecule has 244 valence electrons. The van der Waals surface area contributed by atoms with Gasteiger partial charge in [0.25, 0.3) is 0 Å². The van der Waals surface area contributed by atoms with Crippen LogP contribution < -0.4 is 10.2 Å². The first-order valence-corrected chi connectivity index (χ1v) is 12.9. The summed E-state index contributed by atoms with van der Waals surface area (Å²) in [6.45, 7) is -1.59. The molecule has 0 amide bonds. The molecule has 0 bridgehead atoms. The lowest BCUT2D eigenvalue weighted by atomic mass is 9.89. The number of aliphatic hydroxyl groups excluding tert-OH is 8. The molecule has 5 rings (SSSR count). The number of phenols is 2. The maximum Gasteiger partial charge on any atom is 0.229 e. The first-order valence-electron chi connectivity index (χ1n) is 12.9. The van der Waals surface area contributed by atoms with E-state index in [1.165, 1.54) is 24.3 Å². The van der Waals surface area contributed by atoms with E-state index in [4.69, 9.17) is 18.6 Å². The van der Waals surface area contributed by atoms with Crippen LogP contribution in [0.3, 0.4) is 0 Å². The molecule has 0 spiro atoms. The molecule has 3 heterocycles. The number of aromatic hydroxyl groups is 2. The Labute approximate surface area is 247 Å². The van der Waals surface area contributed by atoms with Gasteiger partial charge in [-0.2, -0.15) is 0 Å². The van der Waals surface area contributed by atoms with Crippen molar-refractivity contribution in [3.8, 4) is 28.6 Å². The van der Waals surface area contributed by atoms with Crippen molar-refractivity contribution in [3.63, 3.8) is 0 Å². The summed E-state index contributed by atoms with van der Waals surface area (Å²) < 4.78 is 22.6. The maximum absolute atomic E-state index is 13.2. The Morgan fingerprint density at radius 2 is 1.30 bits per heavy atom. The summed E-state index contributed by atoms with van der Waals surface area (Å²) >= 11 is 0. The van der Waals surface area contributed by atoms with Crippen LogP contribution in [0.15, 0.2) is 45.6 Å². The Bertz CT molecular complexity index is 1470. The van der Waals surface area contributed by atoms with E-state index in [-0.39, 0.29) is 28.0 Å². The minimum absolute atomic E-state index is 0. The van der Waals surface area contributed by atoms with Crippen molar-refractivity contribution in [2.24, 2.45) is 0 Å². The molecule has 1 aromatic heterocycles. The second-order valence-corrected chi connectivity index (χ2v) is 10.1. The van der Waals surface area contributed by atoms with Gasteiger partial charge in [0, 0.05) is 17.7 Å². The van der Waals surface area contributed by atoms with Crippen molar-refractivity contribution in [3.05, 3.63) is 52.2 Å². The molecular weight excluding hydrogens is 596 g/mol. The van der Waals surface area contributed by atoms with E-state index in [0.717, 1.165) is 12.1 Å². The van der Waals surface area contributed by atoms with Crippen LogP contribution in [0.1, 0.15) is 11.7 Å². The predicted molar refractivity (Wildman–Crippen MR) is 146 cm³/mol. The number of aliphatic hydroxyl groups is 8. The summed E-state index contributed by atoms with van der Waals surface area (Å²) in [5.41, 5.74) is -1.13. The van der Waals surface area contributed by atoms with E-state index in [9.17, 15) is 55.9 Å². The van der Waals surface area contributed by atoms with Crippen LogP contribution in [0.5, 0.6) is 17.2 Å². The van der Waals surface area contributed by atoms with Gasteiger partial charge in [-0.05, 0) is 24.3 Å². The standard InChI is InChI=1S/C27H30O15.2H2O/c28-7-15-19(32)22(35)24(37)26(40-15)18-14(41-27-25(38)23(36)20(33)16(8-29)42-27)6-13-17(21(18)34)11(31)5-12(39-13)9-1-3-10(30)4-2-9;;/h1-6,15-16,19-20,22-30,32-38H,7-8H2;2*1H2/t15-,16-,19-,20-,22+,23+,24-,25-,26+,27-;;/m1../s1. The van der Waals surface area contributed by atoms with Crippen LogP contribution in [0.25, 0.3) is 22.3 Å². The van der Waals surface area contributed by atoms with Gasteiger partial charge >= 0.3 is 0 Å². The van der Waals surface area contributed by atoms with Gasteiger partial charge in [-0.1, -0.05) is 0 Å². The molecule has 0 saturated carbocycles. The summed E-state index contributed by atoms with van der Waals surface area (Å²) in [7, 11) is 0. The quantitative estimate of drug-likeness (QED) is 0.124. The van der Waals surface area contributed by atoms with E-state index in [0.29, 0.717) is 5.56 Å².